The Labute approximate surface area is 214 Å². The van der Waals surface area contributed by atoms with Crippen LogP contribution in [-0.2, 0) is 11.2 Å². The van der Waals surface area contributed by atoms with Crippen molar-refractivity contribution >= 4 is 23.3 Å². The molecule has 1 aliphatic rings. The average molecular weight is 485 g/mol. The number of aryl methyl sites for hydroxylation is 1. The summed E-state index contributed by atoms with van der Waals surface area (Å²) in [5.41, 5.74) is 2.87. The zero-order chi connectivity index (χ0) is 25.0. The SMILES string of the molecule is O=C(CCc1cccnc1)NCCCCC1CCN(C(=O)N(c2ccccc2)c2ccccc2)CC1. The lowest BCUT2D eigenvalue weighted by atomic mass is 9.91. The van der Waals surface area contributed by atoms with Crippen LogP contribution in [-0.4, -0.2) is 41.5 Å². The summed E-state index contributed by atoms with van der Waals surface area (Å²) in [6.07, 6.45) is 10.1. The van der Waals surface area contributed by atoms with Crippen LogP contribution in [0.15, 0.2) is 85.2 Å². The predicted octanol–water partition coefficient (Wildman–Crippen LogP) is 5.97. The predicted molar refractivity (Wildman–Crippen MR) is 144 cm³/mol. The maximum atomic E-state index is 13.5. The van der Waals surface area contributed by atoms with Gasteiger partial charge in [0.05, 0.1) is 11.4 Å². The molecule has 1 saturated heterocycles. The number of rotatable bonds is 10. The molecule has 0 spiro atoms. The molecule has 6 nitrogen and oxygen atoms in total. The van der Waals surface area contributed by atoms with Crippen molar-refractivity contribution in [2.24, 2.45) is 5.92 Å². The summed E-state index contributed by atoms with van der Waals surface area (Å²) in [7, 11) is 0. The van der Waals surface area contributed by atoms with E-state index in [0.717, 1.165) is 75.1 Å². The van der Waals surface area contributed by atoms with Gasteiger partial charge in [0, 0.05) is 38.4 Å². The Morgan fingerprint density at radius 1 is 0.889 bits per heavy atom. The number of hydrogen-bond donors (Lipinski definition) is 1. The van der Waals surface area contributed by atoms with Crippen LogP contribution in [0.5, 0.6) is 0 Å². The standard InChI is InChI=1S/C30H36N4O2/c35-29(17-16-26-11-9-20-31-24-26)32-21-8-7-10-25-18-22-33(23-19-25)30(36)34(27-12-3-1-4-13-27)28-14-5-2-6-15-28/h1-6,9,11-15,20,24-25H,7-8,10,16-19,21-23H2,(H,32,35). The third-order valence-corrected chi connectivity index (χ3v) is 6.83. The number of unbranched alkanes of at least 4 members (excludes halogenated alkanes) is 1. The van der Waals surface area contributed by atoms with Crippen molar-refractivity contribution in [2.45, 2.75) is 44.9 Å². The molecule has 0 bridgehead atoms. The summed E-state index contributed by atoms with van der Waals surface area (Å²) in [5, 5.41) is 3.04. The highest BCUT2D eigenvalue weighted by Gasteiger charge is 2.28. The highest BCUT2D eigenvalue weighted by molar-refractivity contribution is 5.99. The number of amides is 3. The van der Waals surface area contributed by atoms with Crippen molar-refractivity contribution in [1.29, 1.82) is 0 Å². The number of likely N-dealkylation sites (tertiary alicyclic amines) is 1. The Morgan fingerprint density at radius 2 is 1.56 bits per heavy atom. The molecule has 1 aromatic heterocycles. The van der Waals surface area contributed by atoms with Crippen LogP contribution in [0.1, 0.15) is 44.1 Å². The normalized spacial score (nSPS) is 13.8. The fourth-order valence-corrected chi connectivity index (χ4v) is 4.76. The number of carbonyl (C=O) groups is 2. The van der Waals surface area contributed by atoms with Gasteiger partial charge < -0.3 is 10.2 Å². The number of para-hydroxylation sites is 2. The van der Waals surface area contributed by atoms with Crippen molar-refractivity contribution in [3.05, 3.63) is 90.8 Å². The molecule has 3 amide bonds. The van der Waals surface area contributed by atoms with Crippen molar-refractivity contribution < 1.29 is 9.59 Å². The molecule has 4 rings (SSSR count). The molecule has 3 aromatic rings. The van der Waals surface area contributed by atoms with E-state index in [1.54, 1.807) is 6.20 Å². The van der Waals surface area contributed by atoms with Crippen LogP contribution >= 0.6 is 0 Å². The van der Waals surface area contributed by atoms with Gasteiger partial charge in [0.1, 0.15) is 0 Å². The van der Waals surface area contributed by atoms with E-state index < -0.39 is 0 Å². The number of hydrogen-bond acceptors (Lipinski definition) is 3. The first-order valence-corrected chi connectivity index (χ1v) is 13.1. The third-order valence-electron chi connectivity index (χ3n) is 6.83. The maximum Gasteiger partial charge on any atom is 0.329 e. The average Bonchev–Trinajstić information content (AvgIpc) is 2.94. The first-order valence-electron chi connectivity index (χ1n) is 13.1. The summed E-state index contributed by atoms with van der Waals surface area (Å²) in [6.45, 7) is 2.29. The van der Waals surface area contributed by atoms with Gasteiger partial charge in [-0.2, -0.15) is 0 Å². The summed E-state index contributed by atoms with van der Waals surface area (Å²) in [5.74, 6) is 0.740. The quantitative estimate of drug-likeness (QED) is 0.361. The molecule has 2 aromatic carbocycles. The molecular formula is C30H36N4O2. The number of anilines is 2. The molecule has 188 valence electrons. The Balaban J connectivity index is 1.16. The molecule has 1 fully saturated rings. The highest BCUT2D eigenvalue weighted by atomic mass is 16.2. The third kappa shape index (κ3) is 7.41. The number of piperidine rings is 1. The van der Waals surface area contributed by atoms with Crippen LogP contribution in [0.2, 0.25) is 0 Å². The van der Waals surface area contributed by atoms with E-state index >= 15 is 0 Å². The molecule has 0 unspecified atom stereocenters. The van der Waals surface area contributed by atoms with Crippen LogP contribution in [0, 0.1) is 5.92 Å². The van der Waals surface area contributed by atoms with Gasteiger partial charge >= 0.3 is 6.03 Å². The van der Waals surface area contributed by atoms with E-state index in [0.29, 0.717) is 12.3 Å². The van der Waals surface area contributed by atoms with Gasteiger partial charge in [0.2, 0.25) is 5.91 Å². The molecule has 0 aliphatic carbocycles. The maximum absolute atomic E-state index is 13.5. The van der Waals surface area contributed by atoms with E-state index in [1.165, 1.54) is 0 Å². The van der Waals surface area contributed by atoms with Crippen molar-refractivity contribution in [2.75, 3.05) is 24.5 Å². The number of pyridine rings is 1. The van der Waals surface area contributed by atoms with Gasteiger partial charge in [-0.3, -0.25) is 14.7 Å². The minimum absolute atomic E-state index is 0.0415. The minimum Gasteiger partial charge on any atom is -0.356 e. The molecule has 2 heterocycles. The number of nitrogens with zero attached hydrogens (tertiary/aromatic N) is 3. The molecule has 6 heteroatoms. The van der Waals surface area contributed by atoms with Gasteiger partial charge in [-0.25, -0.2) is 4.79 Å². The monoisotopic (exact) mass is 484 g/mol. The lowest BCUT2D eigenvalue weighted by molar-refractivity contribution is -0.121. The van der Waals surface area contributed by atoms with Gasteiger partial charge in [-0.15, -0.1) is 0 Å². The fourth-order valence-electron chi connectivity index (χ4n) is 4.76. The number of aromatic nitrogens is 1. The lowest BCUT2D eigenvalue weighted by Gasteiger charge is -2.36. The van der Waals surface area contributed by atoms with Gasteiger partial charge in [-0.1, -0.05) is 55.3 Å². The number of urea groups is 1. The van der Waals surface area contributed by atoms with Gasteiger partial charge in [0.15, 0.2) is 0 Å². The molecule has 0 saturated carbocycles. The zero-order valence-corrected chi connectivity index (χ0v) is 20.9. The Hall–Kier alpha value is -3.67. The fraction of sp³-hybridized carbons (Fsp3) is 0.367. The molecular weight excluding hydrogens is 448 g/mol. The lowest BCUT2D eigenvalue weighted by Crippen LogP contribution is -2.45. The summed E-state index contributed by atoms with van der Waals surface area (Å²) >= 11 is 0. The Morgan fingerprint density at radius 3 is 2.17 bits per heavy atom. The minimum atomic E-state index is 0.0415. The highest BCUT2D eigenvalue weighted by Crippen LogP contribution is 2.29. The van der Waals surface area contributed by atoms with Crippen molar-refractivity contribution in [1.82, 2.24) is 15.2 Å². The van der Waals surface area contributed by atoms with E-state index in [1.807, 2.05) is 88.8 Å². The van der Waals surface area contributed by atoms with Crippen LogP contribution < -0.4 is 10.2 Å². The van der Waals surface area contributed by atoms with Crippen molar-refractivity contribution in [3.63, 3.8) is 0 Å². The second-order valence-electron chi connectivity index (χ2n) is 9.43. The van der Waals surface area contributed by atoms with E-state index in [-0.39, 0.29) is 11.9 Å². The van der Waals surface area contributed by atoms with E-state index in [9.17, 15) is 9.59 Å². The second kappa shape index (κ2) is 13.4. The topological polar surface area (TPSA) is 65.5 Å². The van der Waals surface area contributed by atoms with Crippen LogP contribution in [0.4, 0.5) is 16.2 Å². The molecule has 36 heavy (non-hydrogen) atoms. The first-order chi connectivity index (χ1) is 17.7. The van der Waals surface area contributed by atoms with Crippen LogP contribution in [0.3, 0.4) is 0 Å². The van der Waals surface area contributed by atoms with Crippen molar-refractivity contribution in [3.8, 4) is 0 Å². The van der Waals surface area contributed by atoms with Gasteiger partial charge in [-0.05, 0) is 67.5 Å². The molecule has 1 aliphatic heterocycles. The Kier molecular flexibility index (Phi) is 9.48. The number of carbonyl (C=O) groups excluding carboxylic acids is 2. The summed E-state index contributed by atoms with van der Waals surface area (Å²) in [4.78, 5) is 33.5. The second-order valence-corrected chi connectivity index (χ2v) is 9.43. The van der Waals surface area contributed by atoms with E-state index in [2.05, 4.69) is 10.3 Å². The first kappa shape index (κ1) is 25.4. The number of nitrogens with one attached hydrogen (secondary N) is 1. The Bertz CT molecular complexity index is 1030. The summed E-state index contributed by atoms with van der Waals surface area (Å²) < 4.78 is 0. The van der Waals surface area contributed by atoms with Crippen LogP contribution in [0.25, 0.3) is 0 Å². The zero-order valence-electron chi connectivity index (χ0n) is 20.9. The van der Waals surface area contributed by atoms with Gasteiger partial charge in [0.25, 0.3) is 0 Å². The molecule has 0 radical (unpaired) electrons. The number of benzene rings is 2. The molecule has 1 N–H and O–H groups in total. The smallest absolute Gasteiger partial charge is 0.329 e. The van der Waals surface area contributed by atoms with E-state index in [4.69, 9.17) is 0 Å². The summed E-state index contributed by atoms with van der Waals surface area (Å²) in [6, 6.07) is 23.7. The molecule has 0 atom stereocenters. The largest absolute Gasteiger partial charge is 0.356 e.